The highest BCUT2D eigenvalue weighted by molar-refractivity contribution is 5.92. The quantitative estimate of drug-likeness (QED) is 0.603. The number of hydrogen-bond acceptors (Lipinski definition) is 5. The van der Waals surface area contributed by atoms with Gasteiger partial charge in [-0.3, -0.25) is 10.3 Å². The van der Waals surface area contributed by atoms with E-state index in [1.54, 1.807) is 12.3 Å². The fraction of sp³-hybridized carbons (Fsp3) is 0.583. The number of likely N-dealkylation sites (tertiary alicyclic amines) is 1. The van der Waals surface area contributed by atoms with Crippen LogP contribution in [0.15, 0.2) is 12.3 Å². The zero-order valence-electron chi connectivity index (χ0n) is 10.8. The van der Waals surface area contributed by atoms with Crippen LogP contribution in [0.25, 0.3) is 0 Å². The Hall–Kier alpha value is -1.69. The fourth-order valence-electron chi connectivity index (χ4n) is 2.32. The minimum absolute atomic E-state index is 0.0275. The highest BCUT2D eigenvalue weighted by Crippen LogP contribution is 2.20. The molecule has 6 nitrogen and oxygen atoms in total. The van der Waals surface area contributed by atoms with Crippen LogP contribution < -0.4 is 10.5 Å². The van der Waals surface area contributed by atoms with Crippen LogP contribution in [0.5, 0.6) is 6.01 Å². The molecule has 0 saturated carbocycles. The van der Waals surface area contributed by atoms with E-state index in [1.165, 1.54) is 6.42 Å². The van der Waals surface area contributed by atoms with Gasteiger partial charge in [0.1, 0.15) is 17.6 Å². The second kappa shape index (κ2) is 5.30. The second-order valence-corrected chi connectivity index (χ2v) is 4.65. The Bertz CT molecular complexity index is 436. The first-order chi connectivity index (χ1) is 8.58. The van der Waals surface area contributed by atoms with Crippen LogP contribution >= 0.6 is 0 Å². The third-order valence-corrected chi connectivity index (χ3v) is 3.32. The van der Waals surface area contributed by atoms with Crippen molar-refractivity contribution >= 4 is 5.84 Å². The first-order valence-electron chi connectivity index (χ1n) is 6.12. The predicted octanol–water partition coefficient (Wildman–Crippen LogP) is 0.622. The van der Waals surface area contributed by atoms with Gasteiger partial charge in [-0.15, -0.1) is 0 Å². The van der Waals surface area contributed by atoms with Crippen molar-refractivity contribution < 1.29 is 4.74 Å². The van der Waals surface area contributed by atoms with Crippen molar-refractivity contribution in [2.45, 2.75) is 31.9 Å². The number of nitrogens with one attached hydrogen (secondary N) is 1. The van der Waals surface area contributed by atoms with Crippen molar-refractivity contribution in [3.63, 3.8) is 0 Å². The maximum absolute atomic E-state index is 7.34. The SMILES string of the molecule is C[C@H](Oc1nccc(C(=N)N)n1)[C@@H]1CCCN1C. The maximum atomic E-state index is 7.34. The van der Waals surface area contributed by atoms with E-state index < -0.39 is 0 Å². The summed E-state index contributed by atoms with van der Waals surface area (Å²) >= 11 is 0. The molecule has 1 aromatic rings. The third-order valence-electron chi connectivity index (χ3n) is 3.32. The highest BCUT2D eigenvalue weighted by atomic mass is 16.5. The van der Waals surface area contributed by atoms with E-state index in [0.29, 0.717) is 11.7 Å². The molecular formula is C12H19N5O. The minimum Gasteiger partial charge on any atom is -0.459 e. The van der Waals surface area contributed by atoms with Crippen LogP contribution in [0.1, 0.15) is 25.5 Å². The topological polar surface area (TPSA) is 88.1 Å². The molecule has 1 aliphatic heterocycles. The van der Waals surface area contributed by atoms with Crippen molar-refractivity contribution in [2.75, 3.05) is 13.6 Å². The summed E-state index contributed by atoms with van der Waals surface area (Å²) in [6, 6.07) is 2.28. The Balaban J connectivity index is 2.04. The summed E-state index contributed by atoms with van der Waals surface area (Å²) in [6.07, 6.45) is 3.91. The molecule has 1 aromatic heterocycles. The number of aromatic nitrogens is 2. The molecule has 1 fully saturated rings. The van der Waals surface area contributed by atoms with Crippen LogP contribution in [0, 0.1) is 5.41 Å². The average molecular weight is 249 g/mol. The van der Waals surface area contributed by atoms with Gasteiger partial charge in [-0.25, -0.2) is 4.98 Å². The number of likely N-dealkylation sites (N-methyl/N-ethyl adjacent to an activating group) is 1. The van der Waals surface area contributed by atoms with Crippen molar-refractivity contribution in [3.8, 4) is 6.01 Å². The summed E-state index contributed by atoms with van der Waals surface area (Å²) in [7, 11) is 2.10. The molecule has 0 radical (unpaired) electrons. The predicted molar refractivity (Wildman–Crippen MR) is 68.8 cm³/mol. The summed E-state index contributed by atoms with van der Waals surface area (Å²) in [5.74, 6) is -0.0760. The number of nitrogens with zero attached hydrogens (tertiary/aromatic N) is 3. The van der Waals surface area contributed by atoms with E-state index in [0.717, 1.165) is 13.0 Å². The van der Waals surface area contributed by atoms with E-state index in [2.05, 4.69) is 21.9 Å². The first-order valence-corrected chi connectivity index (χ1v) is 6.12. The molecule has 1 saturated heterocycles. The Labute approximate surface area is 107 Å². The van der Waals surface area contributed by atoms with Gasteiger partial charge in [-0.2, -0.15) is 4.98 Å². The van der Waals surface area contributed by atoms with E-state index in [4.69, 9.17) is 15.9 Å². The summed E-state index contributed by atoms with van der Waals surface area (Å²) in [5.41, 5.74) is 5.78. The van der Waals surface area contributed by atoms with Crippen molar-refractivity contribution in [1.29, 1.82) is 5.41 Å². The highest BCUT2D eigenvalue weighted by Gasteiger charge is 2.28. The second-order valence-electron chi connectivity index (χ2n) is 4.65. The Kier molecular flexibility index (Phi) is 3.76. The van der Waals surface area contributed by atoms with Gasteiger partial charge in [0.25, 0.3) is 0 Å². The monoisotopic (exact) mass is 249 g/mol. The Morgan fingerprint density at radius 3 is 3.06 bits per heavy atom. The molecule has 0 amide bonds. The molecule has 2 rings (SSSR count). The standard InChI is InChI=1S/C12H19N5O/c1-8(10-4-3-7-17(10)2)18-12-15-6-5-9(16-12)11(13)14/h5-6,8,10H,3-4,7H2,1-2H3,(H3,13,14)/t8-,10-/m0/s1. The van der Waals surface area contributed by atoms with Gasteiger partial charge in [0.2, 0.25) is 0 Å². The number of nitrogens with two attached hydrogens (primary N) is 1. The normalized spacial score (nSPS) is 21.8. The smallest absolute Gasteiger partial charge is 0.317 e. The molecule has 2 atom stereocenters. The fourth-order valence-corrected chi connectivity index (χ4v) is 2.32. The van der Waals surface area contributed by atoms with Gasteiger partial charge in [-0.05, 0) is 39.4 Å². The molecule has 0 spiro atoms. The van der Waals surface area contributed by atoms with Crippen molar-refractivity contribution in [3.05, 3.63) is 18.0 Å². The number of ether oxygens (including phenoxy) is 1. The zero-order chi connectivity index (χ0) is 13.1. The van der Waals surface area contributed by atoms with Gasteiger partial charge in [0, 0.05) is 12.2 Å². The van der Waals surface area contributed by atoms with Crippen molar-refractivity contribution in [1.82, 2.24) is 14.9 Å². The first kappa shape index (κ1) is 12.8. The third kappa shape index (κ3) is 2.76. The van der Waals surface area contributed by atoms with Crippen LogP contribution in [0.3, 0.4) is 0 Å². The molecule has 1 aliphatic rings. The van der Waals surface area contributed by atoms with E-state index in [9.17, 15) is 0 Å². The van der Waals surface area contributed by atoms with Crippen LogP contribution in [-0.2, 0) is 0 Å². The lowest BCUT2D eigenvalue weighted by atomic mass is 10.1. The van der Waals surface area contributed by atoms with E-state index in [-0.39, 0.29) is 18.0 Å². The zero-order valence-corrected chi connectivity index (χ0v) is 10.8. The number of rotatable bonds is 4. The van der Waals surface area contributed by atoms with Crippen LogP contribution in [0.2, 0.25) is 0 Å². The lowest BCUT2D eigenvalue weighted by Gasteiger charge is -2.25. The molecule has 18 heavy (non-hydrogen) atoms. The molecule has 0 unspecified atom stereocenters. The molecule has 98 valence electrons. The molecule has 0 bridgehead atoms. The van der Waals surface area contributed by atoms with Crippen molar-refractivity contribution in [2.24, 2.45) is 5.73 Å². The van der Waals surface area contributed by atoms with E-state index in [1.807, 2.05) is 6.92 Å². The Morgan fingerprint density at radius 2 is 2.44 bits per heavy atom. The molecule has 3 N–H and O–H groups in total. The number of amidine groups is 1. The summed E-state index contributed by atoms with van der Waals surface area (Å²) in [5, 5.41) is 7.34. The molecule has 0 aromatic carbocycles. The van der Waals surface area contributed by atoms with Gasteiger partial charge >= 0.3 is 6.01 Å². The Morgan fingerprint density at radius 1 is 1.67 bits per heavy atom. The lowest BCUT2D eigenvalue weighted by molar-refractivity contribution is 0.112. The lowest BCUT2D eigenvalue weighted by Crippen LogP contribution is -2.38. The number of nitrogen functional groups attached to an aromatic ring is 1. The van der Waals surface area contributed by atoms with Gasteiger partial charge in [0.05, 0.1) is 0 Å². The van der Waals surface area contributed by atoms with Gasteiger partial charge in [0.15, 0.2) is 0 Å². The molecule has 6 heteroatoms. The molecular weight excluding hydrogens is 230 g/mol. The van der Waals surface area contributed by atoms with Gasteiger partial charge < -0.3 is 10.5 Å². The average Bonchev–Trinajstić information content (AvgIpc) is 2.76. The summed E-state index contributed by atoms with van der Waals surface area (Å²) in [4.78, 5) is 10.5. The largest absolute Gasteiger partial charge is 0.459 e. The molecule has 2 heterocycles. The number of hydrogen-bond donors (Lipinski definition) is 2. The minimum atomic E-state index is -0.0760. The molecule has 0 aliphatic carbocycles. The van der Waals surface area contributed by atoms with Crippen LogP contribution in [0.4, 0.5) is 0 Å². The summed E-state index contributed by atoms with van der Waals surface area (Å²) < 4.78 is 5.74. The van der Waals surface area contributed by atoms with Gasteiger partial charge in [-0.1, -0.05) is 0 Å². The van der Waals surface area contributed by atoms with Crippen LogP contribution in [-0.4, -0.2) is 46.4 Å². The summed E-state index contributed by atoms with van der Waals surface area (Å²) in [6.45, 7) is 3.13. The van der Waals surface area contributed by atoms with E-state index >= 15 is 0 Å². The maximum Gasteiger partial charge on any atom is 0.317 e.